The molecule has 1 fully saturated rings. The van der Waals surface area contributed by atoms with Crippen LogP contribution in [0.25, 0.3) is 0 Å². The first-order valence-corrected chi connectivity index (χ1v) is 5.34. The predicted molar refractivity (Wildman–Crippen MR) is 54.3 cm³/mol. The van der Waals surface area contributed by atoms with Crippen molar-refractivity contribution >= 4 is 5.97 Å². The van der Waals surface area contributed by atoms with Crippen molar-refractivity contribution in [2.45, 2.75) is 19.8 Å². The molecule has 1 saturated heterocycles. The number of nitrogens with zero attached hydrogens (tertiary/aromatic N) is 1. The summed E-state index contributed by atoms with van der Waals surface area (Å²) in [6.07, 6.45) is 1.41. The molecule has 4 heteroatoms. The third kappa shape index (κ3) is 4.58. The molecule has 0 unspecified atom stereocenters. The molecule has 0 saturated carbocycles. The van der Waals surface area contributed by atoms with E-state index in [1.165, 1.54) is 0 Å². The first-order chi connectivity index (χ1) is 6.83. The molecular weight excluding hydrogens is 182 g/mol. The minimum Gasteiger partial charge on any atom is -0.466 e. The summed E-state index contributed by atoms with van der Waals surface area (Å²) in [4.78, 5) is 13.2. The Labute approximate surface area is 85.2 Å². The van der Waals surface area contributed by atoms with Gasteiger partial charge in [0.25, 0.3) is 0 Å². The topological polar surface area (TPSA) is 42.3 Å². The van der Waals surface area contributed by atoms with Crippen LogP contribution in [0.15, 0.2) is 0 Å². The Bertz CT molecular complexity index is 167. The van der Waals surface area contributed by atoms with E-state index in [1.54, 1.807) is 0 Å². The normalized spacial score (nSPS) is 18.1. The van der Waals surface area contributed by atoms with Gasteiger partial charge in [-0.25, -0.2) is 0 Å². The second kappa shape index (κ2) is 6.79. The van der Waals surface area contributed by atoms with Crippen molar-refractivity contribution in [1.29, 1.82) is 0 Å². The third-order valence-corrected chi connectivity index (χ3v) is 2.32. The molecular formula is C10H20NO3+. The zero-order chi connectivity index (χ0) is 10.2. The van der Waals surface area contributed by atoms with Crippen LogP contribution in [0.5, 0.6) is 0 Å². The van der Waals surface area contributed by atoms with Crippen LogP contribution in [0.2, 0.25) is 0 Å². The van der Waals surface area contributed by atoms with Crippen LogP contribution in [-0.4, -0.2) is 55.1 Å². The molecule has 1 N–H and O–H groups in total. The van der Waals surface area contributed by atoms with Crippen LogP contribution in [0.3, 0.4) is 0 Å². The van der Waals surface area contributed by atoms with Gasteiger partial charge in [-0.15, -0.1) is 0 Å². The predicted octanol–water partition coefficient (Wildman–Crippen LogP) is 0.173. The van der Waals surface area contributed by atoms with Gasteiger partial charge < -0.3 is 9.47 Å². The van der Waals surface area contributed by atoms with Gasteiger partial charge in [0.15, 0.2) is 13.2 Å². The van der Waals surface area contributed by atoms with E-state index in [2.05, 4.69) is 9.64 Å². The lowest BCUT2D eigenvalue weighted by Gasteiger charge is -2.23. The highest BCUT2D eigenvalue weighted by molar-refractivity contribution is 5.68. The number of aliphatic hydroxyl groups is 2. The van der Waals surface area contributed by atoms with E-state index in [0.717, 1.165) is 39.3 Å². The highest BCUT2D eigenvalue weighted by Crippen LogP contribution is 1.97. The summed E-state index contributed by atoms with van der Waals surface area (Å²) < 4.78 is 9.26. The fourth-order valence-electron chi connectivity index (χ4n) is 1.45. The molecule has 0 amide bonds. The standard InChI is InChI=1S/C10H19NO3/c1-2-10(12)14-7-3-4-11-5-8-13-9-6-11/h2-9H2,1H3/p+1. The maximum absolute atomic E-state index is 10.8. The molecule has 0 aromatic heterocycles. The molecule has 1 rings (SSSR count). The summed E-state index contributed by atoms with van der Waals surface area (Å²) in [5, 5.41) is 0. The van der Waals surface area contributed by atoms with Gasteiger partial charge in [0.2, 0.25) is 0 Å². The van der Waals surface area contributed by atoms with Gasteiger partial charge in [-0.1, -0.05) is 6.92 Å². The van der Waals surface area contributed by atoms with Crippen molar-refractivity contribution in [3.63, 3.8) is 0 Å². The second-order valence-corrected chi connectivity index (χ2v) is 3.44. The van der Waals surface area contributed by atoms with Crippen LogP contribution < -0.4 is 0 Å². The largest absolute Gasteiger partial charge is 0.466 e. The van der Waals surface area contributed by atoms with Crippen LogP contribution in [0, 0.1) is 0 Å². The quantitative estimate of drug-likeness (QED) is 0.363. The summed E-state index contributed by atoms with van der Waals surface area (Å²) in [5.41, 5.74) is 0. The molecule has 82 valence electrons. The number of hydrogen-bond donors (Lipinski definition) is 0. The summed E-state index contributed by atoms with van der Waals surface area (Å²) in [6, 6.07) is 0. The lowest BCUT2D eigenvalue weighted by Crippen LogP contribution is -2.38. The smallest absolute Gasteiger partial charge is 0.305 e. The molecule has 0 spiro atoms. The average molecular weight is 202 g/mol. The maximum Gasteiger partial charge on any atom is 0.305 e. The van der Waals surface area contributed by atoms with Crippen molar-refractivity contribution in [2.75, 3.05) is 39.5 Å². The van der Waals surface area contributed by atoms with E-state index in [-0.39, 0.29) is 5.97 Å². The van der Waals surface area contributed by atoms with Crippen molar-refractivity contribution in [1.82, 2.24) is 4.90 Å². The van der Waals surface area contributed by atoms with Gasteiger partial charge in [0.1, 0.15) is 0 Å². The summed E-state index contributed by atoms with van der Waals surface area (Å²) >= 11 is 0. The van der Waals surface area contributed by atoms with Crippen molar-refractivity contribution < 1.29 is 14.3 Å². The Morgan fingerprint density at radius 2 is 2.14 bits per heavy atom. The monoisotopic (exact) mass is 202 g/mol. The summed E-state index contributed by atoms with van der Waals surface area (Å²) in [6.45, 7) is 7.41. The molecule has 0 radical (unpaired) electrons. The summed E-state index contributed by atoms with van der Waals surface area (Å²) in [5.74, 6) is -0.0985. The fraction of sp³-hybridized carbons (Fsp3) is 0.900. The lowest BCUT2D eigenvalue weighted by molar-refractivity contribution is -0.143. The maximum atomic E-state index is 10.8. The molecule has 0 aromatic carbocycles. The zero-order valence-electron chi connectivity index (χ0n) is 8.87. The Morgan fingerprint density at radius 3 is 2.79 bits per heavy atom. The highest BCUT2D eigenvalue weighted by Gasteiger charge is 2.12. The van der Waals surface area contributed by atoms with Gasteiger partial charge in [0, 0.05) is 13.0 Å². The molecule has 0 aromatic rings. The van der Waals surface area contributed by atoms with Gasteiger partial charge in [-0.05, 0) is 6.42 Å². The van der Waals surface area contributed by atoms with Crippen LogP contribution in [0.4, 0.5) is 0 Å². The molecule has 1 aliphatic rings. The first-order valence-electron chi connectivity index (χ1n) is 5.34. The number of carbonyl (C=O) groups is 1. The van der Waals surface area contributed by atoms with Crippen molar-refractivity contribution in [2.24, 2.45) is 0 Å². The Hall–Kier alpha value is -0.610. The number of morpholine rings is 1. The molecule has 1 heterocycles. The first kappa shape index (κ1) is 11.5. The van der Waals surface area contributed by atoms with Crippen molar-refractivity contribution in [3.8, 4) is 0 Å². The Balaban J connectivity index is 1.94. The van der Waals surface area contributed by atoms with E-state index in [9.17, 15) is 4.79 Å². The molecule has 0 atom stereocenters. The second-order valence-electron chi connectivity index (χ2n) is 3.44. The van der Waals surface area contributed by atoms with Gasteiger partial charge in [-0.2, -0.15) is 0 Å². The van der Waals surface area contributed by atoms with E-state index in [1.807, 2.05) is 6.92 Å². The number of hydrogen-bond acceptors (Lipinski definition) is 3. The number of carbonyl (C=O) groups excluding carboxylic acids is 1. The number of esters is 1. The van der Waals surface area contributed by atoms with Gasteiger partial charge in [-0.3, -0.25) is 9.69 Å². The lowest BCUT2D eigenvalue weighted by atomic mass is 10.3. The minimum absolute atomic E-state index is 0.0985. The fourth-order valence-corrected chi connectivity index (χ4v) is 1.45. The van der Waals surface area contributed by atoms with E-state index in [0.29, 0.717) is 13.0 Å². The van der Waals surface area contributed by atoms with Crippen LogP contribution in [-0.2, 0) is 9.53 Å². The van der Waals surface area contributed by atoms with E-state index < -0.39 is 0 Å². The third-order valence-electron chi connectivity index (χ3n) is 2.32. The van der Waals surface area contributed by atoms with E-state index >= 15 is 0 Å². The van der Waals surface area contributed by atoms with Crippen LogP contribution >= 0.6 is 0 Å². The molecule has 14 heavy (non-hydrogen) atoms. The molecule has 4 nitrogen and oxygen atoms in total. The Morgan fingerprint density at radius 1 is 1.43 bits per heavy atom. The Kier molecular flexibility index (Phi) is 5.56. The zero-order valence-corrected chi connectivity index (χ0v) is 8.87. The van der Waals surface area contributed by atoms with Crippen molar-refractivity contribution in [3.05, 3.63) is 0 Å². The SMILES string of the molecule is CCC(=O)OCCCN1CC[OH+]CC1. The number of rotatable bonds is 5. The number of ether oxygens (including phenoxy) is 2. The molecule has 0 aliphatic carbocycles. The van der Waals surface area contributed by atoms with Gasteiger partial charge in [0.05, 0.1) is 19.7 Å². The van der Waals surface area contributed by atoms with E-state index in [4.69, 9.17) is 4.74 Å². The highest BCUT2D eigenvalue weighted by atomic mass is 16.5. The minimum atomic E-state index is -0.0985. The molecule has 0 bridgehead atoms. The average Bonchev–Trinajstić information content (AvgIpc) is 2.25. The molecule has 1 aliphatic heterocycles. The van der Waals surface area contributed by atoms with Gasteiger partial charge >= 0.3 is 5.97 Å². The van der Waals surface area contributed by atoms with Crippen LogP contribution in [0.1, 0.15) is 19.8 Å². The summed E-state index contributed by atoms with van der Waals surface area (Å²) in [7, 11) is 0.